The van der Waals surface area contributed by atoms with Gasteiger partial charge < -0.3 is 16.0 Å². The number of aromatic amines is 1. The molecule has 0 bridgehead atoms. The first-order valence-electron chi connectivity index (χ1n) is 10.6. The SMILES string of the molecule is CC[C@@H](Nc1nc(N)nc2nc[nH]c12)c1cc2cccc(Cl)c2c(=O)n1-c1ccccc1C. The van der Waals surface area contributed by atoms with Crippen LogP contribution in [0.5, 0.6) is 0 Å². The number of aryl methyl sites for hydroxylation is 1. The number of nitrogens with two attached hydrogens (primary N) is 1. The Morgan fingerprint density at radius 1 is 1.18 bits per heavy atom. The molecule has 4 N–H and O–H groups in total. The Hall–Kier alpha value is -3.91. The van der Waals surface area contributed by atoms with Crippen molar-refractivity contribution in [1.82, 2.24) is 24.5 Å². The quantitative estimate of drug-likeness (QED) is 0.349. The first-order chi connectivity index (χ1) is 16.0. The number of anilines is 2. The third-order valence-electron chi connectivity index (χ3n) is 5.76. The van der Waals surface area contributed by atoms with Crippen LogP contribution in [-0.4, -0.2) is 24.5 Å². The van der Waals surface area contributed by atoms with Crippen molar-refractivity contribution < 1.29 is 0 Å². The second-order valence-corrected chi connectivity index (χ2v) is 8.24. The lowest BCUT2D eigenvalue weighted by atomic mass is 10.0. The summed E-state index contributed by atoms with van der Waals surface area (Å²) < 4.78 is 1.74. The number of nitrogen functional groups attached to an aromatic ring is 1. The van der Waals surface area contributed by atoms with Gasteiger partial charge in [-0.05, 0) is 42.5 Å². The predicted octanol–water partition coefficient (Wildman–Crippen LogP) is 4.76. The Kier molecular flexibility index (Phi) is 5.22. The monoisotopic (exact) mass is 459 g/mol. The van der Waals surface area contributed by atoms with Gasteiger partial charge in [-0.15, -0.1) is 0 Å². The molecule has 0 aliphatic carbocycles. The van der Waals surface area contributed by atoms with Crippen LogP contribution in [0.3, 0.4) is 0 Å². The van der Waals surface area contributed by atoms with Crippen molar-refractivity contribution in [3.05, 3.63) is 81.5 Å². The van der Waals surface area contributed by atoms with Crippen LogP contribution in [0.1, 0.15) is 30.6 Å². The summed E-state index contributed by atoms with van der Waals surface area (Å²) in [7, 11) is 0. The number of halogens is 1. The number of aromatic nitrogens is 5. The van der Waals surface area contributed by atoms with Gasteiger partial charge in [0.15, 0.2) is 11.5 Å². The van der Waals surface area contributed by atoms with Crippen molar-refractivity contribution in [3.63, 3.8) is 0 Å². The number of nitrogens with one attached hydrogen (secondary N) is 2. The van der Waals surface area contributed by atoms with Crippen LogP contribution in [0, 0.1) is 6.92 Å². The van der Waals surface area contributed by atoms with Crippen molar-refractivity contribution >= 4 is 45.3 Å². The highest BCUT2D eigenvalue weighted by Gasteiger charge is 2.22. The summed E-state index contributed by atoms with van der Waals surface area (Å²) >= 11 is 6.46. The molecule has 8 nitrogen and oxygen atoms in total. The molecule has 2 aromatic carbocycles. The Morgan fingerprint density at radius 3 is 2.79 bits per heavy atom. The van der Waals surface area contributed by atoms with Gasteiger partial charge in [0.1, 0.15) is 5.52 Å². The van der Waals surface area contributed by atoms with E-state index in [9.17, 15) is 4.79 Å². The summed E-state index contributed by atoms with van der Waals surface area (Å²) in [6.07, 6.45) is 2.23. The standard InChI is InChI=1S/C24H22ClN7O/c1-3-16(29-22-20-21(28-12-27-20)30-24(26)31-22)18-11-14-8-6-9-15(25)19(14)23(33)32(18)17-10-5-4-7-13(17)2/h4-12,16H,3H2,1-2H3,(H4,26,27,28,29,30,31)/t16-/m1/s1. The second-order valence-electron chi connectivity index (χ2n) is 7.84. The number of hydrogen-bond acceptors (Lipinski definition) is 6. The van der Waals surface area contributed by atoms with Crippen LogP contribution in [0.25, 0.3) is 27.6 Å². The normalized spacial score (nSPS) is 12.3. The van der Waals surface area contributed by atoms with Crippen molar-refractivity contribution in [2.45, 2.75) is 26.3 Å². The van der Waals surface area contributed by atoms with Crippen LogP contribution in [-0.2, 0) is 0 Å². The van der Waals surface area contributed by atoms with Gasteiger partial charge in [0.2, 0.25) is 5.95 Å². The number of hydrogen-bond donors (Lipinski definition) is 3. The van der Waals surface area contributed by atoms with Gasteiger partial charge in [-0.1, -0.05) is 48.9 Å². The molecule has 1 atom stereocenters. The van der Waals surface area contributed by atoms with E-state index >= 15 is 0 Å². The fourth-order valence-corrected chi connectivity index (χ4v) is 4.43. The molecule has 5 rings (SSSR count). The van der Waals surface area contributed by atoms with E-state index in [1.807, 2.05) is 56.3 Å². The number of benzene rings is 2. The Labute approximate surface area is 194 Å². The first-order valence-corrected chi connectivity index (χ1v) is 11.0. The number of fused-ring (bicyclic) bond motifs is 2. The van der Waals surface area contributed by atoms with Crippen LogP contribution in [0.4, 0.5) is 11.8 Å². The Bertz CT molecular complexity index is 1560. The molecule has 0 aliphatic rings. The highest BCUT2D eigenvalue weighted by atomic mass is 35.5. The van der Waals surface area contributed by atoms with Gasteiger partial charge in [0, 0.05) is 5.69 Å². The molecule has 9 heteroatoms. The van der Waals surface area contributed by atoms with Gasteiger partial charge in [0.05, 0.1) is 28.5 Å². The van der Waals surface area contributed by atoms with Crippen LogP contribution in [0.2, 0.25) is 5.02 Å². The number of pyridine rings is 1. The number of nitrogens with zero attached hydrogens (tertiary/aromatic N) is 4. The van der Waals surface area contributed by atoms with Crippen LogP contribution >= 0.6 is 11.6 Å². The molecule has 0 unspecified atom stereocenters. The molecule has 0 fully saturated rings. The maximum absolute atomic E-state index is 13.8. The average molecular weight is 460 g/mol. The number of H-pyrrole nitrogens is 1. The number of para-hydroxylation sites is 1. The average Bonchev–Trinajstić information content (AvgIpc) is 3.26. The number of imidazole rings is 1. The highest BCUT2D eigenvalue weighted by molar-refractivity contribution is 6.35. The lowest BCUT2D eigenvalue weighted by molar-refractivity contribution is 0.688. The van der Waals surface area contributed by atoms with Gasteiger partial charge in [-0.25, -0.2) is 4.98 Å². The van der Waals surface area contributed by atoms with Crippen molar-refractivity contribution in [2.24, 2.45) is 0 Å². The molecular weight excluding hydrogens is 438 g/mol. The van der Waals surface area contributed by atoms with E-state index in [2.05, 4.69) is 25.3 Å². The summed E-state index contributed by atoms with van der Waals surface area (Å²) in [6.45, 7) is 4.02. The lowest BCUT2D eigenvalue weighted by Gasteiger charge is -2.24. The zero-order chi connectivity index (χ0) is 23.1. The van der Waals surface area contributed by atoms with Gasteiger partial charge in [-0.3, -0.25) is 9.36 Å². The molecule has 0 saturated heterocycles. The second kappa shape index (κ2) is 8.22. The van der Waals surface area contributed by atoms with Crippen molar-refractivity contribution in [3.8, 4) is 5.69 Å². The van der Waals surface area contributed by atoms with E-state index in [4.69, 9.17) is 17.3 Å². The molecule has 0 amide bonds. The summed E-state index contributed by atoms with van der Waals surface area (Å²) in [4.78, 5) is 29.6. The molecule has 0 radical (unpaired) electrons. The molecular formula is C24H22ClN7O. The summed E-state index contributed by atoms with van der Waals surface area (Å²) in [5.41, 5.74) is 9.43. The Morgan fingerprint density at radius 2 is 2.00 bits per heavy atom. The summed E-state index contributed by atoms with van der Waals surface area (Å²) in [6, 6.07) is 15.0. The first kappa shape index (κ1) is 21.0. The van der Waals surface area contributed by atoms with Gasteiger partial charge in [0.25, 0.3) is 5.56 Å². The predicted molar refractivity (Wildman–Crippen MR) is 132 cm³/mol. The van der Waals surface area contributed by atoms with Crippen LogP contribution < -0.4 is 16.6 Å². The lowest BCUT2D eigenvalue weighted by Crippen LogP contribution is -2.27. The molecule has 3 heterocycles. The molecule has 0 aliphatic heterocycles. The fourth-order valence-electron chi connectivity index (χ4n) is 4.16. The molecule has 0 spiro atoms. The van der Waals surface area contributed by atoms with E-state index in [0.717, 1.165) is 22.3 Å². The van der Waals surface area contributed by atoms with Crippen molar-refractivity contribution in [1.29, 1.82) is 0 Å². The molecule has 33 heavy (non-hydrogen) atoms. The largest absolute Gasteiger partial charge is 0.368 e. The molecule has 166 valence electrons. The third kappa shape index (κ3) is 3.58. The zero-order valence-corrected chi connectivity index (χ0v) is 18.9. The smallest absolute Gasteiger partial charge is 0.264 e. The molecule has 0 saturated carbocycles. The van der Waals surface area contributed by atoms with Gasteiger partial charge >= 0.3 is 0 Å². The zero-order valence-electron chi connectivity index (χ0n) is 18.1. The minimum Gasteiger partial charge on any atom is -0.368 e. The summed E-state index contributed by atoms with van der Waals surface area (Å²) in [5, 5.41) is 5.15. The van der Waals surface area contributed by atoms with Crippen LogP contribution in [0.15, 0.2) is 59.7 Å². The van der Waals surface area contributed by atoms with E-state index < -0.39 is 0 Å². The van der Waals surface area contributed by atoms with Gasteiger partial charge in [-0.2, -0.15) is 9.97 Å². The molecule has 5 aromatic rings. The maximum atomic E-state index is 13.8. The van der Waals surface area contributed by atoms with Crippen molar-refractivity contribution in [2.75, 3.05) is 11.1 Å². The minimum absolute atomic E-state index is 0.119. The maximum Gasteiger partial charge on any atom is 0.264 e. The molecule has 3 aromatic heterocycles. The van der Waals surface area contributed by atoms with E-state index in [1.54, 1.807) is 17.0 Å². The highest BCUT2D eigenvalue weighted by Crippen LogP contribution is 2.30. The van der Waals surface area contributed by atoms with E-state index in [0.29, 0.717) is 33.8 Å². The topological polar surface area (TPSA) is 115 Å². The van der Waals surface area contributed by atoms with E-state index in [1.165, 1.54) is 0 Å². The minimum atomic E-state index is -0.263. The number of rotatable bonds is 5. The third-order valence-corrected chi connectivity index (χ3v) is 6.07. The fraction of sp³-hybridized carbons (Fsp3) is 0.167. The summed E-state index contributed by atoms with van der Waals surface area (Å²) in [5.74, 6) is 0.644. The van der Waals surface area contributed by atoms with E-state index in [-0.39, 0.29) is 17.5 Å². The Balaban J connectivity index is 1.77.